The van der Waals surface area contributed by atoms with Crippen LogP contribution in [0.1, 0.15) is 15.9 Å². The third kappa shape index (κ3) is 3.60. The van der Waals surface area contributed by atoms with Gasteiger partial charge in [0.1, 0.15) is 5.01 Å². The number of amides is 2. The number of thiazole rings is 1. The molecular weight excluding hydrogens is 394 g/mol. The van der Waals surface area contributed by atoms with Crippen LogP contribution in [0.5, 0.6) is 0 Å². The molecule has 2 heterocycles. The summed E-state index contributed by atoms with van der Waals surface area (Å²) in [5.41, 5.74) is 5.86. The summed E-state index contributed by atoms with van der Waals surface area (Å²) in [6.45, 7) is 0. The molecule has 0 bridgehead atoms. The van der Waals surface area contributed by atoms with E-state index in [1.165, 1.54) is 0 Å². The minimum absolute atomic E-state index is 0.0457. The second-order valence-corrected chi connectivity index (χ2v) is 7.89. The number of rotatable bonds is 4. The van der Waals surface area contributed by atoms with Crippen molar-refractivity contribution in [2.24, 2.45) is 0 Å². The molecule has 0 fully saturated rings. The molecule has 0 spiro atoms. The van der Waals surface area contributed by atoms with Gasteiger partial charge in [-0.1, -0.05) is 42.5 Å². The highest BCUT2D eigenvalue weighted by atomic mass is 32.1. The van der Waals surface area contributed by atoms with E-state index in [2.05, 4.69) is 10.6 Å². The zero-order valence-corrected chi connectivity index (χ0v) is 16.7. The summed E-state index contributed by atoms with van der Waals surface area (Å²) in [6, 6.07) is 23.0. The molecule has 1 aliphatic rings. The lowest BCUT2D eigenvalue weighted by Crippen LogP contribution is -2.12. The van der Waals surface area contributed by atoms with Crippen molar-refractivity contribution >= 4 is 34.5 Å². The largest absolute Gasteiger partial charge is 0.326 e. The minimum atomic E-state index is -0.204. The predicted molar refractivity (Wildman–Crippen MR) is 120 cm³/mol. The Bertz CT molecular complexity index is 1250. The molecule has 3 aromatic carbocycles. The van der Waals surface area contributed by atoms with Crippen LogP contribution in [0.15, 0.2) is 78.2 Å². The molecule has 2 amide bonds. The SMILES string of the molecule is O=C1Cc2cc(C(=O)Nc3ccc(-c4csc(-c5ccccc5)n4)cc3)ccc2N1. The van der Waals surface area contributed by atoms with E-state index in [-0.39, 0.29) is 11.8 Å². The van der Waals surface area contributed by atoms with Crippen molar-refractivity contribution in [1.29, 1.82) is 0 Å². The summed E-state index contributed by atoms with van der Waals surface area (Å²) in [7, 11) is 0. The maximum atomic E-state index is 12.6. The molecule has 0 saturated heterocycles. The quantitative estimate of drug-likeness (QED) is 0.483. The van der Waals surface area contributed by atoms with Crippen LogP contribution in [0.3, 0.4) is 0 Å². The molecule has 6 heteroatoms. The number of benzene rings is 3. The van der Waals surface area contributed by atoms with E-state index >= 15 is 0 Å². The zero-order chi connectivity index (χ0) is 20.5. The summed E-state index contributed by atoms with van der Waals surface area (Å²) in [5.74, 6) is -0.250. The average Bonchev–Trinajstić information content (AvgIpc) is 3.40. The molecule has 0 aliphatic carbocycles. The van der Waals surface area contributed by atoms with Gasteiger partial charge in [0.15, 0.2) is 0 Å². The summed E-state index contributed by atoms with van der Waals surface area (Å²) in [4.78, 5) is 28.8. The Morgan fingerprint density at radius 2 is 1.77 bits per heavy atom. The Labute approximate surface area is 177 Å². The van der Waals surface area contributed by atoms with Crippen LogP contribution >= 0.6 is 11.3 Å². The van der Waals surface area contributed by atoms with Crippen molar-refractivity contribution in [2.75, 3.05) is 10.6 Å². The van der Waals surface area contributed by atoms with Gasteiger partial charge in [0.25, 0.3) is 5.91 Å². The van der Waals surface area contributed by atoms with Gasteiger partial charge >= 0.3 is 0 Å². The first kappa shape index (κ1) is 18.3. The first-order valence-electron chi connectivity index (χ1n) is 9.51. The molecule has 2 N–H and O–H groups in total. The molecule has 5 nitrogen and oxygen atoms in total. The Morgan fingerprint density at radius 3 is 2.57 bits per heavy atom. The fourth-order valence-electron chi connectivity index (χ4n) is 3.42. The van der Waals surface area contributed by atoms with E-state index < -0.39 is 0 Å². The van der Waals surface area contributed by atoms with Crippen molar-refractivity contribution in [3.63, 3.8) is 0 Å². The second-order valence-electron chi connectivity index (χ2n) is 7.03. The molecule has 0 saturated carbocycles. The monoisotopic (exact) mass is 411 g/mol. The molecule has 0 radical (unpaired) electrons. The molecule has 30 heavy (non-hydrogen) atoms. The van der Waals surface area contributed by atoms with Gasteiger partial charge in [-0.3, -0.25) is 9.59 Å². The maximum Gasteiger partial charge on any atom is 0.255 e. The summed E-state index contributed by atoms with van der Waals surface area (Å²) in [5, 5.41) is 8.70. The lowest BCUT2D eigenvalue weighted by atomic mass is 10.1. The van der Waals surface area contributed by atoms with Crippen molar-refractivity contribution in [2.45, 2.75) is 6.42 Å². The van der Waals surface area contributed by atoms with E-state index in [0.717, 1.165) is 33.1 Å². The van der Waals surface area contributed by atoms with E-state index in [4.69, 9.17) is 4.98 Å². The van der Waals surface area contributed by atoms with Crippen LogP contribution in [0.4, 0.5) is 11.4 Å². The van der Waals surface area contributed by atoms with Crippen molar-refractivity contribution in [3.8, 4) is 21.8 Å². The number of carbonyl (C=O) groups is 2. The highest BCUT2D eigenvalue weighted by molar-refractivity contribution is 7.13. The Hall–Kier alpha value is -3.77. The lowest BCUT2D eigenvalue weighted by Gasteiger charge is -2.07. The van der Waals surface area contributed by atoms with Gasteiger partial charge in [-0.05, 0) is 35.9 Å². The third-order valence-electron chi connectivity index (χ3n) is 4.96. The van der Waals surface area contributed by atoms with Gasteiger partial charge < -0.3 is 10.6 Å². The highest BCUT2D eigenvalue weighted by Crippen LogP contribution is 2.29. The summed E-state index contributed by atoms with van der Waals surface area (Å²) >= 11 is 1.61. The molecular formula is C24H17N3O2S. The molecule has 1 aliphatic heterocycles. The first-order valence-corrected chi connectivity index (χ1v) is 10.4. The van der Waals surface area contributed by atoms with Gasteiger partial charge in [0.05, 0.1) is 12.1 Å². The number of fused-ring (bicyclic) bond motifs is 1. The van der Waals surface area contributed by atoms with E-state index in [1.54, 1.807) is 29.5 Å². The van der Waals surface area contributed by atoms with Crippen LogP contribution in [0.2, 0.25) is 0 Å². The van der Waals surface area contributed by atoms with Crippen LogP contribution < -0.4 is 10.6 Å². The minimum Gasteiger partial charge on any atom is -0.326 e. The van der Waals surface area contributed by atoms with Crippen molar-refractivity contribution < 1.29 is 9.59 Å². The number of hydrogen-bond acceptors (Lipinski definition) is 4. The van der Waals surface area contributed by atoms with Crippen LogP contribution in [-0.4, -0.2) is 16.8 Å². The third-order valence-corrected chi connectivity index (χ3v) is 5.85. The topological polar surface area (TPSA) is 71.1 Å². The van der Waals surface area contributed by atoms with Crippen molar-refractivity contribution in [3.05, 3.63) is 89.3 Å². The van der Waals surface area contributed by atoms with Crippen LogP contribution in [0, 0.1) is 0 Å². The number of anilines is 2. The predicted octanol–water partition coefficient (Wildman–Crippen LogP) is 5.22. The maximum absolute atomic E-state index is 12.6. The first-order chi connectivity index (χ1) is 14.7. The molecule has 4 aromatic rings. The molecule has 0 unspecified atom stereocenters. The van der Waals surface area contributed by atoms with Gasteiger partial charge in [0, 0.05) is 33.4 Å². The normalized spacial score (nSPS) is 12.3. The van der Waals surface area contributed by atoms with Crippen LogP contribution in [0.25, 0.3) is 21.8 Å². The van der Waals surface area contributed by atoms with E-state index in [9.17, 15) is 9.59 Å². The van der Waals surface area contributed by atoms with Crippen LogP contribution in [-0.2, 0) is 11.2 Å². The number of carbonyl (C=O) groups excluding carboxylic acids is 2. The van der Waals surface area contributed by atoms with Gasteiger partial charge in [-0.2, -0.15) is 0 Å². The fraction of sp³-hybridized carbons (Fsp3) is 0.0417. The van der Waals surface area contributed by atoms with Gasteiger partial charge in [-0.15, -0.1) is 11.3 Å². The van der Waals surface area contributed by atoms with Crippen molar-refractivity contribution in [1.82, 2.24) is 4.98 Å². The Morgan fingerprint density at radius 1 is 0.967 bits per heavy atom. The summed E-state index contributed by atoms with van der Waals surface area (Å²) < 4.78 is 0. The highest BCUT2D eigenvalue weighted by Gasteiger charge is 2.19. The Balaban J connectivity index is 1.30. The Kier molecular flexibility index (Phi) is 4.61. The van der Waals surface area contributed by atoms with Gasteiger partial charge in [-0.25, -0.2) is 4.98 Å². The number of nitrogens with one attached hydrogen (secondary N) is 2. The lowest BCUT2D eigenvalue weighted by molar-refractivity contribution is -0.115. The average molecular weight is 411 g/mol. The molecule has 0 atom stereocenters. The summed E-state index contributed by atoms with van der Waals surface area (Å²) in [6.07, 6.45) is 0.309. The molecule has 146 valence electrons. The number of aromatic nitrogens is 1. The second kappa shape index (κ2) is 7.57. The fourth-order valence-corrected chi connectivity index (χ4v) is 4.25. The van der Waals surface area contributed by atoms with E-state index in [0.29, 0.717) is 17.7 Å². The number of nitrogens with zero attached hydrogens (tertiary/aromatic N) is 1. The number of hydrogen-bond donors (Lipinski definition) is 2. The van der Waals surface area contributed by atoms with Gasteiger partial charge in [0.2, 0.25) is 5.91 Å². The smallest absolute Gasteiger partial charge is 0.255 e. The molecule has 1 aromatic heterocycles. The zero-order valence-electron chi connectivity index (χ0n) is 15.9. The van der Waals surface area contributed by atoms with E-state index in [1.807, 2.05) is 60.0 Å². The standard InChI is InChI=1S/C24H17N3O2S/c28-22-13-18-12-17(8-11-20(18)26-22)23(29)25-19-9-6-15(7-10-19)21-14-30-24(27-21)16-4-2-1-3-5-16/h1-12,14H,13H2,(H,25,29)(H,26,28). The molecule has 5 rings (SSSR count).